The predicted molar refractivity (Wildman–Crippen MR) is 161 cm³/mol. The van der Waals surface area contributed by atoms with Gasteiger partial charge in [-0.3, -0.25) is 0 Å². The van der Waals surface area contributed by atoms with E-state index in [1.165, 1.54) is 29.5 Å². The van der Waals surface area contributed by atoms with Crippen molar-refractivity contribution in [2.75, 3.05) is 36.8 Å². The van der Waals surface area contributed by atoms with Gasteiger partial charge in [-0.25, -0.2) is 23.5 Å². The summed E-state index contributed by atoms with van der Waals surface area (Å²) in [6.45, 7) is 7.85. The summed E-state index contributed by atoms with van der Waals surface area (Å²) in [5.74, 6) is 2.97. The van der Waals surface area contributed by atoms with E-state index in [2.05, 4.69) is 57.3 Å². The van der Waals surface area contributed by atoms with Crippen molar-refractivity contribution in [2.24, 2.45) is 5.92 Å². The third-order valence-corrected chi connectivity index (χ3v) is 10.5. The van der Waals surface area contributed by atoms with Crippen LogP contribution in [0.3, 0.4) is 0 Å². The Morgan fingerprint density at radius 3 is 2.59 bits per heavy atom. The molecule has 0 amide bonds. The number of aromatic nitrogens is 3. The number of ether oxygens (including phenoxy) is 1. The maximum atomic E-state index is 12.7. The number of fused-ring (bicyclic) bond motifs is 1. The highest BCUT2D eigenvalue weighted by Gasteiger charge is 2.26. The molecule has 39 heavy (non-hydrogen) atoms. The molecule has 3 aliphatic rings. The summed E-state index contributed by atoms with van der Waals surface area (Å²) in [6, 6.07) is 6.52. The molecule has 1 saturated heterocycles. The summed E-state index contributed by atoms with van der Waals surface area (Å²) >= 11 is 1.64. The first kappa shape index (κ1) is 26.8. The van der Waals surface area contributed by atoms with Gasteiger partial charge < -0.3 is 9.64 Å². The summed E-state index contributed by atoms with van der Waals surface area (Å²) in [5.41, 5.74) is 4.85. The van der Waals surface area contributed by atoms with Gasteiger partial charge in [-0.1, -0.05) is 43.7 Å². The van der Waals surface area contributed by atoms with Crippen LogP contribution in [0.25, 0.3) is 15.8 Å². The molecule has 6 rings (SSSR count). The van der Waals surface area contributed by atoms with E-state index < -0.39 is 11.0 Å². The number of piperidine rings is 1. The summed E-state index contributed by atoms with van der Waals surface area (Å²) in [5, 5.41) is 0.756. The predicted octanol–water partition coefficient (Wildman–Crippen LogP) is 6.20. The monoisotopic (exact) mass is 565 g/mol. The van der Waals surface area contributed by atoms with Gasteiger partial charge in [-0.05, 0) is 66.4 Å². The zero-order chi connectivity index (χ0) is 26.8. The van der Waals surface area contributed by atoms with E-state index in [1.54, 1.807) is 11.3 Å². The second-order valence-corrected chi connectivity index (χ2v) is 14.0. The van der Waals surface area contributed by atoms with Crippen LogP contribution in [-0.2, 0) is 11.0 Å². The Hall–Kier alpha value is -2.36. The highest BCUT2D eigenvalue weighted by Crippen LogP contribution is 2.39. The fourth-order valence-corrected chi connectivity index (χ4v) is 7.56. The Balaban J connectivity index is 1.02. The SMILES string of the molecule is CC(C)CCCS(=O)N1CC=C(c2ccc3nc(OC4CCN(c5ncc(C6CC6)cn5)CC4)sc3c2)CC1. The Labute approximate surface area is 238 Å². The van der Waals surface area contributed by atoms with E-state index >= 15 is 0 Å². The van der Waals surface area contributed by atoms with Gasteiger partial charge in [0, 0.05) is 57.2 Å². The fourth-order valence-electron chi connectivity index (χ4n) is 5.43. The molecule has 4 heterocycles. The van der Waals surface area contributed by atoms with Crippen LogP contribution in [0.4, 0.5) is 5.95 Å². The van der Waals surface area contributed by atoms with Crippen LogP contribution < -0.4 is 9.64 Å². The average molecular weight is 566 g/mol. The Morgan fingerprint density at radius 1 is 1.10 bits per heavy atom. The molecule has 1 saturated carbocycles. The van der Waals surface area contributed by atoms with Crippen molar-refractivity contribution in [1.29, 1.82) is 0 Å². The molecule has 1 aromatic carbocycles. The minimum absolute atomic E-state index is 0.167. The van der Waals surface area contributed by atoms with E-state index in [0.29, 0.717) is 11.8 Å². The Kier molecular flexibility index (Phi) is 8.27. The van der Waals surface area contributed by atoms with Crippen LogP contribution in [0, 0.1) is 5.92 Å². The molecule has 1 unspecified atom stereocenters. The lowest BCUT2D eigenvalue weighted by Crippen LogP contribution is -2.39. The molecule has 0 bridgehead atoms. The van der Waals surface area contributed by atoms with Crippen molar-refractivity contribution >= 4 is 44.1 Å². The highest BCUT2D eigenvalue weighted by molar-refractivity contribution is 7.82. The first-order chi connectivity index (χ1) is 19.0. The van der Waals surface area contributed by atoms with Gasteiger partial charge in [0.25, 0.3) is 5.19 Å². The van der Waals surface area contributed by atoms with E-state index in [1.807, 2.05) is 12.4 Å². The Bertz CT molecular complexity index is 1330. The zero-order valence-electron chi connectivity index (χ0n) is 23.1. The topological polar surface area (TPSA) is 71.5 Å². The molecule has 3 aromatic rings. The molecule has 2 fully saturated rings. The minimum Gasteiger partial charge on any atom is -0.467 e. The Morgan fingerprint density at radius 2 is 1.90 bits per heavy atom. The zero-order valence-corrected chi connectivity index (χ0v) is 24.7. The van der Waals surface area contributed by atoms with Crippen LogP contribution in [0.1, 0.15) is 75.8 Å². The normalized spacial score (nSPS) is 20.0. The van der Waals surface area contributed by atoms with E-state index in [-0.39, 0.29) is 6.10 Å². The quantitative estimate of drug-likeness (QED) is 0.292. The standard InChI is InChI=1S/C30H39N5O2S2/c1-21(2)4-3-17-39(36)35-15-9-23(10-16-35)24-7-8-27-28(18-24)38-30(33-27)37-26-11-13-34(14-12-26)29-31-19-25(20-32-29)22-5-6-22/h7-9,18-22,26H,3-6,10-17H2,1-2H3. The number of anilines is 1. The summed E-state index contributed by atoms with van der Waals surface area (Å²) in [6.07, 6.45) is 14.0. The fraction of sp³-hybridized carbons (Fsp3) is 0.567. The number of hydrogen-bond donors (Lipinski definition) is 0. The number of hydrogen-bond acceptors (Lipinski definition) is 7. The van der Waals surface area contributed by atoms with E-state index in [9.17, 15) is 4.21 Å². The van der Waals surface area contributed by atoms with Gasteiger partial charge in [0.15, 0.2) is 0 Å². The number of nitrogens with zero attached hydrogens (tertiary/aromatic N) is 5. The molecule has 2 aliphatic heterocycles. The maximum Gasteiger partial charge on any atom is 0.274 e. The average Bonchev–Trinajstić information content (AvgIpc) is 3.73. The highest BCUT2D eigenvalue weighted by atomic mass is 32.2. The molecule has 208 valence electrons. The van der Waals surface area contributed by atoms with Crippen molar-refractivity contribution in [3.8, 4) is 5.19 Å². The molecule has 0 N–H and O–H groups in total. The van der Waals surface area contributed by atoms with E-state index in [4.69, 9.17) is 9.72 Å². The summed E-state index contributed by atoms with van der Waals surface area (Å²) in [4.78, 5) is 16.3. The molecular weight excluding hydrogens is 526 g/mol. The van der Waals surface area contributed by atoms with Gasteiger partial charge in [0.2, 0.25) is 5.95 Å². The minimum atomic E-state index is -0.877. The third-order valence-electron chi connectivity index (χ3n) is 8.00. The second kappa shape index (κ2) is 12.0. The van der Waals surface area contributed by atoms with Crippen molar-refractivity contribution in [2.45, 2.75) is 70.8 Å². The van der Waals surface area contributed by atoms with Gasteiger partial charge in [-0.15, -0.1) is 0 Å². The lowest BCUT2D eigenvalue weighted by Gasteiger charge is -2.31. The van der Waals surface area contributed by atoms with Crippen LogP contribution in [0.5, 0.6) is 5.19 Å². The van der Waals surface area contributed by atoms with Crippen molar-refractivity contribution in [3.63, 3.8) is 0 Å². The summed E-state index contributed by atoms with van der Waals surface area (Å²) in [7, 11) is -0.877. The lowest BCUT2D eigenvalue weighted by atomic mass is 10.0. The molecular formula is C30H39N5O2S2. The third kappa shape index (κ3) is 6.69. The van der Waals surface area contributed by atoms with Crippen LogP contribution in [-0.4, -0.2) is 61.5 Å². The summed E-state index contributed by atoms with van der Waals surface area (Å²) < 4.78 is 22.3. The second-order valence-electron chi connectivity index (χ2n) is 11.5. The van der Waals surface area contributed by atoms with Crippen molar-refractivity contribution in [1.82, 2.24) is 19.3 Å². The van der Waals surface area contributed by atoms with Crippen molar-refractivity contribution < 1.29 is 8.95 Å². The van der Waals surface area contributed by atoms with Gasteiger partial charge in [-0.2, -0.15) is 0 Å². The number of thiazole rings is 1. The lowest BCUT2D eigenvalue weighted by molar-refractivity contribution is 0.170. The first-order valence-corrected chi connectivity index (χ1v) is 16.6. The van der Waals surface area contributed by atoms with Gasteiger partial charge >= 0.3 is 0 Å². The molecule has 7 nitrogen and oxygen atoms in total. The smallest absolute Gasteiger partial charge is 0.274 e. The van der Waals surface area contributed by atoms with Crippen molar-refractivity contribution in [3.05, 3.63) is 47.8 Å². The molecule has 2 aromatic heterocycles. The molecule has 0 spiro atoms. The number of rotatable bonds is 10. The molecule has 9 heteroatoms. The van der Waals surface area contributed by atoms with E-state index in [0.717, 1.165) is 85.4 Å². The molecule has 0 radical (unpaired) electrons. The van der Waals surface area contributed by atoms with Crippen LogP contribution in [0.2, 0.25) is 0 Å². The largest absolute Gasteiger partial charge is 0.467 e. The molecule has 1 atom stereocenters. The van der Waals surface area contributed by atoms with Gasteiger partial charge in [0.1, 0.15) is 6.10 Å². The maximum absolute atomic E-state index is 12.7. The van der Waals surface area contributed by atoms with Gasteiger partial charge in [0.05, 0.1) is 21.2 Å². The van der Waals surface area contributed by atoms with Crippen LogP contribution >= 0.6 is 11.3 Å². The number of benzene rings is 1. The first-order valence-electron chi connectivity index (χ1n) is 14.5. The van der Waals surface area contributed by atoms with Crippen LogP contribution in [0.15, 0.2) is 36.7 Å². The molecule has 1 aliphatic carbocycles.